The fourth-order valence-electron chi connectivity index (χ4n) is 2.44. The summed E-state index contributed by atoms with van der Waals surface area (Å²) in [6.45, 7) is 2.43. The summed E-state index contributed by atoms with van der Waals surface area (Å²) in [4.78, 5) is 0.303. The predicted molar refractivity (Wildman–Crippen MR) is 92.3 cm³/mol. The molecule has 0 unspecified atom stereocenters. The lowest BCUT2D eigenvalue weighted by molar-refractivity contribution is 0.409. The quantitative estimate of drug-likeness (QED) is 0.807. The number of methoxy groups -OCH3 is 1. The van der Waals surface area contributed by atoms with Crippen molar-refractivity contribution in [2.75, 3.05) is 13.7 Å². The summed E-state index contributed by atoms with van der Waals surface area (Å²) < 4.78 is 32.5. The molecule has 4 nitrogen and oxygen atoms in total. The van der Waals surface area contributed by atoms with Crippen LogP contribution in [0.1, 0.15) is 24.5 Å². The van der Waals surface area contributed by atoms with Crippen LogP contribution in [0, 0.1) is 0 Å². The fourth-order valence-corrected chi connectivity index (χ4v) is 3.47. The van der Waals surface area contributed by atoms with Gasteiger partial charge in [0, 0.05) is 6.54 Å². The molecule has 0 aromatic heterocycles. The minimum absolute atomic E-state index is 0.303. The van der Waals surface area contributed by atoms with Crippen molar-refractivity contribution in [2.24, 2.45) is 0 Å². The number of nitrogens with one attached hydrogen (secondary N) is 1. The van der Waals surface area contributed by atoms with Crippen molar-refractivity contribution in [3.05, 3.63) is 59.7 Å². The third-order valence-electron chi connectivity index (χ3n) is 3.65. The van der Waals surface area contributed by atoms with E-state index in [0.717, 1.165) is 29.7 Å². The van der Waals surface area contributed by atoms with Gasteiger partial charge in [-0.1, -0.05) is 43.7 Å². The van der Waals surface area contributed by atoms with Crippen LogP contribution in [-0.4, -0.2) is 22.1 Å². The molecule has 0 aliphatic heterocycles. The Morgan fingerprint density at radius 3 is 2.35 bits per heavy atom. The smallest absolute Gasteiger partial charge is 0.240 e. The molecule has 0 bridgehead atoms. The Kier molecular flexibility index (Phi) is 6.19. The first-order chi connectivity index (χ1) is 11.1. The number of hydrogen-bond acceptors (Lipinski definition) is 3. The van der Waals surface area contributed by atoms with Crippen molar-refractivity contribution in [3.8, 4) is 5.75 Å². The van der Waals surface area contributed by atoms with Crippen molar-refractivity contribution >= 4 is 10.0 Å². The summed E-state index contributed by atoms with van der Waals surface area (Å²) >= 11 is 0. The monoisotopic (exact) mass is 333 g/mol. The predicted octanol–water partition coefficient (Wildman–Crippen LogP) is 3.17. The Morgan fingerprint density at radius 2 is 1.70 bits per heavy atom. The third-order valence-corrected chi connectivity index (χ3v) is 5.13. The standard InChI is InChI=1S/C18H23NO3S/c1-3-6-15-9-11-17(12-10-15)23(20,21)19-14-13-16-7-4-5-8-18(16)22-2/h4-5,7-12,19H,3,6,13-14H2,1-2H3. The molecule has 23 heavy (non-hydrogen) atoms. The number of benzene rings is 2. The van der Waals surface area contributed by atoms with E-state index >= 15 is 0 Å². The summed E-state index contributed by atoms with van der Waals surface area (Å²) in [5.41, 5.74) is 2.14. The van der Waals surface area contributed by atoms with Crippen LogP contribution < -0.4 is 9.46 Å². The molecule has 2 aromatic carbocycles. The van der Waals surface area contributed by atoms with E-state index in [1.54, 1.807) is 19.2 Å². The second-order valence-electron chi connectivity index (χ2n) is 5.35. The number of aryl methyl sites for hydroxylation is 1. The Bertz CT molecular complexity index is 724. The number of rotatable bonds is 8. The molecule has 0 saturated heterocycles. The molecule has 2 aromatic rings. The lowest BCUT2D eigenvalue weighted by Crippen LogP contribution is -2.26. The van der Waals surface area contributed by atoms with Crippen molar-refractivity contribution in [1.82, 2.24) is 4.72 Å². The van der Waals surface area contributed by atoms with Gasteiger partial charge in [-0.2, -0.15) is 0 Å². The summed E-state index contributed by atoms with van der Waals surface area (Å²) in [5.74, 6) is 0.774. The van der Waals surface area contributed by atoms with Crippen molar-refractivity contribution in [1.29, 1.82) is 0 Å². The van der Waals surface area contributed by atoms with Gasteiger partial charge in [-0.15, -0.1) is 0 Å². The molecular formula is C18H23NO3S. The molecule has 0 amide bonds. The highest BCUT2D eigenvalue weighted by Crippen LogP contribution is 2.18. The number of para-hydroxylation sites is 1. The van der Waals surface area contributed by atoms with E-state index in [1.165, 1.54) is 0 Å². The zero-order valence-corrected chi connectivity index (χ0v) is 14.4. The fraction of sp³-hybridized carbons (Fsp3) is 0.333. The maximum absolute atomic E-state index is 12.3. The van der Waals surface area contributed by atoms with Crippen LogP contribution in [0.5, 0.6) is 5.75 Å². The van der Waals surface area contributed by atoms with E-state index in [2.05, 4.69) is 11.6 Å². The van der Waals surface area contributed by atoms with Crippen LogP contribution in [0.25, 0.3) is 0 Å². The van der Waals surface area contributed by atoms with Crippen molar-refractivity contribution in [2.45, 2.75) is 31.1 Å². The van der Waals surface area contributed by atoms with E-state index in [0.29, 0.717) is 17.9 Å². The molecule has 1 N–H and O–H groups in total. The lowest BCUT2D eigenvalue weighted by atomic mass is 10.1. The van der Waals surface area contributed by atoms with E-state index in [4.69, 9.17) is 4.74 Å². The molecule has 0 radical (unpaired) electrons. The lowest BCUT2D eigenvalue weighted by Gasteiger charge is -2.10. The highest BCUT2D eigenvalue weighted by atomic mass is 32.2. The minimum Gasteiger partial charge on any atom is -0.496 e. The van der Waals surface area contributed by atoms with Gasteiger partial charge in [0.2, 0.25) is 10.0 Å². The molecule has 124 valence electrons. The largest absolute Gasteiger partial charge is 0.496 e. The van der Waals surface area contributed by atoms with Crippen LogP contribution in [0.4, 0.5) is 0 Å². The van der Waals surface area contributed by atoms with E-state index in [9.17, 15) is 8.42 Å². The Balaban J connectivity index is 1.98. The first-order valence-electron chi connectivity index (χ1n) is 7.77. The topological polar surface area (TPSA) is 55.4 Å². The normalized spacial score (nSPS) is 11.4. The maximum Gasteiger partial charge on any atom is 0.240 e. The van der Waals surface area contributed by atoms with E-state index < -0.39 is 10.0 Å². The van der Waals surface area contributed by atoms with Crippen LogP contribution in [0.15, 0.2) is 53.4 Å². The number of hydrogen-bond donors (Lipinski definition) is 1. The molecule has 2 rings (SSSR count). The highest BCUT2D eigenvalue weighted by Gasteiger charge is 2.13. The van der Waals surface area contributed by atoms with Gasteiger partial charge in [-0.3, -0.25) is 0 Å². The molecule has 0 aliphatic carbocycles. The summed E-state index contributed by atoms with van der Waals surface area (Å²) in [7, 11) is -1.86. The SMILES string of the molecule is CCCc1ccc(S(=O)(=O)NCCc2ccccc2OC)cc1. The Labute approximate surface area is 138 Å². The molecule has 0 atom stereocenters. The molecule has 0 saturated carbocycles. The van der Waals surface area contributed by atoms with Gasteiger partial charge in [0.1, 0.15) is 5.75 Å². The van der Waals surface area contributed by atoms with E-state index in [-0.39, 0.29) is 0 Å². The minimum atomic E-state index is -3.47. The molecule has 0 aliphatic rings. The summed E-state index contributed by atoms with van der Waals surface area (Å²) in [6, 6.07) is 14.7. The Morgan fingerprint density at radius 1 is 1.00 bits per heavy atom. The first kappa shape index (κ1) is 17.5. The third kappa shape index (κ3) is 4.81. The number of sulfonamides is 1. The zero-order valence-electron chi connectivity index (χ0n) is 13.6. The average molecular weight is 333 g/mol. The average Bonchev–Trinajstić information content (AvgIpc) is 2.56. The molecule has 5 heteroatoms. The van der Waals surface area contributed by atoms with Gasteiger partial charge in [0.25, 0.3) is 0 Å². The second kappa shape index (κ2) is 8.13. The van der Waals surface area contributed by atoms with Gasteiger partial charge < -0.3 is 4.74 Å². The zero-order chi connectivity index (χ0) is 16.7. The summed E-state index contributed by atoms with van der Waals surface area (Å²) in [6.07, 6.45) is 2.59. The van der Waals surface area contributed by atoms with Gasteiger partial charge in [-0.05, 0) is 42.2 Å². The van der Waals surface area contributed by atoms with Gasteiger partial charge in [0.05, 0.1) is 12.0 Å². The van der Waals surface area contributed by atoms with Gasteiger partial charge in [-0.25, -0.2) is 13.1 Å². The molecular weight excluding hydrogens is 310 g/mol. The second-order valence-corrected chi connectivity index (χ2v) is 7.12. The van der Waals surface area contributed by atoms with E-state index in [1.807, 2.05) is 36.4 Å². The summed E-state index contributed by atoms with van der Waals surface area (Å²) in [5, 5.41) is 0. The van der Waals surface area contributed by atoms with Crippen LogP contribution in [0.2, 0.25) is 0 Å². The van der Waals surface area contributed by atoms with Crippen LogP contribution in [0.3, 0.4) is 0 Å². The van der Waals surface area contributed by atoms with Gasteiger partial charge >= 0.3 is 0 Å². The van der Waals surface area contributed by atoms with Crippen molar-refractivity contribution in [3.63, 3.8) is 0 Å². The van der Waals surface area contributed by atoms with Crippen LogP contribution >= 0.6 is 0 Å². The highest BCUT2D eigenvalue weighted by molar-refractivity contribution is 7.89. The first-order valence-corrected chi connectivity index (χ1v) is 9.25. The molecule has 0 heterocycles. The van der Waals surface area contributed by atoms with Gasteiger partial charge in [0.15, 0.2) is 0 Å². The molecule has 0 spiro atoms. The molecule has 0 fully saturated rings. The Hall–Kier alpha value is -1.85. The number of ether oxygens (including phenoxy) is 1. The van der Waals surface area contributed by atoms with Crippen molar-refractivity contribution < 1.29 is 13.2 Å². The maximum atomic E-state index is 12.3. The van der Waals surface area contributed by atoms with Crippen LogP contribution in [-0.2, 0) is 22.9 Å².